The largest absolute Gasteiger partial charge is 0.444 e. The van der Waals surface area contributed by atoms with Crippen molar-refractivity contribution in [3.63, 3.8) is 0 Å². The molecule has 49 heavy (non-hydrogen) atoms. The number of rotatable bonds is 8. The van der Waals surface area contributed by atoms with Crippen molar-refractivity contribution in [1.82, 2.24) is 29.0 Å². The number of aromatic nitrogens is 5. The molecule has 0 unspecified atom stereocenters. The van der Waals surface area contributed by atoms with Crippen LogP contribution in [0.3, 0.4) is 0 Å². The van der Waals surface area contributed by atoms with Gasteiger partial charge in [-0.25, -0.2) is 19.6 Å². The fraction of sp³-hybridized carbons (Fsp3) is 0.528. The molecule has 1 saturated carbocycles. The summed E-state index contributed by atoms with van der Waals surface area (Å²) in [6, 6.07) is 9.81. The Labute approximate surface area is 287 Å². The van der Waals surface area contributed by atoms with Crippen LogP contribution in [0.1, 0.15) is 83.7 Å². The average molecular weight is 673 g/mol. The number of carbonyl (C=O) groups is 2. The molecular formula is C36H48N8O5. The summed E-state index contributed by atoms with van der Waals surface area (Å²) in [5.41, 5.74) is 2.27. The summed E-state index contributed by atoms with van der Waals surface area (Å²) in [6.07, 6.45) is 6.60. The van der Waals surface area contributed by atoms with E-state index in [4.69, 9.17) is 19.6 Å². The second-order valence-corrected chi connectivity index (χ2v) is 15.1. The van der Waals surface area contributed by atoms with E-state index in [-0.39, 0.29) is 19.0 Å². The number of ether oxygens (including phenoxy) is 2. The van der Waals surface area contributed by atoms with Gasteiger partial charge in [0.2, 0.25) is 0 Å². The fourth-order valence-corrected chi connectivity index (χ4v) is 6.03. The Morgan fingerprint density at radius 3 is 2.37 bits per heavy atom. The highest BCUT2D eigenvalue weighted by Crippen LogP contribution is 2.42. The highest BCUT2D eigenvalue weighted by molar-refractivity contribution is 5.88. The maximum absolute atomic E-state index is 13.9. The van der Waals surface area contributed by atoms with Gasteiger partial charge in [0, 0.05) is 48.7 Å². The molecule has 13 heteroatoms. The molecule has 2 atom stereocenters. The molecular weight excluding hydrogens is 624 g/mol. The van der Waals surface area contributed by atoms with Crippen molar-refractivity contribution in [2.75, 3.05) is 29.9 Å². The molecule has 262 valence electrons. The molecule has 2 fully saturated rings. The Morgan fingerprint density at radius 2 is 1.76 bits per heavy atom. The second-order valence-electron chi connectivity index (χ2n) is 15.1. The fourth-order valence-electron chi connectivity index (χ4n) is 6.03. The number of hydrogen-bond donors (Lipinski definition) is 2. The number of aliphatic hydroxyl groups is 1. The maximum Gasteiger partial charge on any atom is 0.416 e. The normalized spacial score (nSPS) is 18.4. The lowest BCUT2D eigenvalue weighted by molar-refractivity contribution is -0.0104. The summed E-state index contributed by atoms with van der Waals surface area (Å²) >= 11 is 0. The zero-order valence-electron chi connectivity index (χ0n) is 29.5. The SMILES string of the molecule is Cc1nccn1-c1ccc(CN(C(=O)OC(C)(C)C)c2cc(NC[C@H]3CCN(C(=O)OC(C)(C)C)C[C@@H]3O)nc3c(C4CC4)cnn23)cc1. The first-order valence-corrected chi connectivity index (χ1v) is 17.0. The van der Waals surface area contributed by atoms with Gasteiger partial charge in [-0.1, -0.05) is 12.1 Å². The van der Waals surface area contributed by atoms with Gasteiger partial charge in [0.15, 0.2) is 5.65 Å². The Balaban J connectivity index is 1.28. The number of β-amino-alcohol motifs (C(OH)–C–C–N with tert-alkyl or cyclic N) is 1. The van der Waals surface area contributed by atoms with Crippen LogP contribution in [0.4, 0.5) is 21.2 Å². The number of imidazole rings is 1. The predicted octanol–water partition coefficient (Wildman–Crippen LogP) is 6.07. The number of nitrogens with one attached hydrogen (secondary N) is 1. The van der Waals surface area contributed by atoms with E-state index in [0.717, 1.165) is 35.5 Å². The van der Waals surface area contributed by atoms with Gasteiger partial charge in [-0.3, -0.25) is 4.90 Å². The molecule has 1 aromatic carbocycles. The molecule has 1 aliphatic heterocycles. The Bertz CT molecular complexity index is 1800. The molecule has 3 aromatic heterocycles. The summed E-state index contributed by atoms with van der Waals surface area (Å²) in [5, 5.41) is 19.2. The minimum absolute atomic E-state index is 0.118. The molecule has 0 bridgehead atoms. The van der Waals surface area contributed by atoms with Crippen molar-refractivity contribution in [3.8, 4) is 5.69 Å². The third-order valence-corrected chi connectivity index (χ3v) is 8.69. The predicted molar refractivity (Wildman–Crippen MR) is 186 cm³/mol. The van der Waals surface area contributed by atoms with E-state index < -0.39 is 29.5 Å². The first-order valence-electron chi connectivity index (χ1n) is 17.0. The second kappa shape index (κ2) is 13.3. The van der Waals surface area contributed by atoms with Gasteiger partial charge >= 0.3 is 12.2 Å². The quantitative estimate of drug-likeness (QED) is 0.228. The van der Waals surface area contributed by atoms with Crippen molar-refractivity contribution in [2.24, 2.45) is 5.92 Å². The van der Waals surface area contributed by atoms with E-state index >= 15 is 0 Å². The lowest BCUT2D eigenvalue weighted by atomic mass is 9.94. The number of aliphatic hydroxyl groups excluding tert-OH is 1. The van der Waals surface area contributed by atoms with Gasteiger partial charge in [-0.15, -0.1) is 0 Å². The molecule has 0 spiro atoms. The molecule has 4 heterocycles. The van der Waals surface area contributed by atoms with Crippen LogP contribution < -0.4 is 10.2 Å². The molecule has 0 radical (unpaired) electrons. The van der Waals surface area contributed by atoms with Gasteiger partial charge < -0.3 is 29.4 Å². The first-order chi connectivity index (χ1) is 23.1. The van der Waals surface area contributed by atoms with Crippen molar-refractivity contribution in [2.45, 2.75) is 97.5 Å². The molecule has 2 amide bonds. The minimum Gasteiger partial charge on any atom is -0.444 e. The van der Waals surface area contributed by atoms with Crippen LogP contribution in [0.2, 0.25) is 0 Å². The van der Waals surface area contributed by atoms with Gasteiger partial charge in [0.05, 0.1) is 25.4 Å². The van der Waals surface area contributed by atoms with Crippen molar-refractivity contribution < 1.29 is 24.2 Å². The Kier molecular flexibility index (Phi) is 9.31. The van der Waals surface area contributed by atoms with Gasteiger partial charge in [0.25, 0.3) is 0 Å². The Hall–Kier alpha value is -4.65. The lowest BCUT2D eigenvalue weighted by Gasteiger charge is -2.36. The van der Waals surface area contributed by atoms with Crippen molar-refractivity contribution >= 4 is 29.5 Å². The van der Waals surface area contributed by atoms with Crippen LogP contribution in [0.5, 0.6) is 0 Å². The van der Waals surface area contributed by atoms with E-state index in [2.05, 4.69) is 10.3 Å². The number of nitrogens with zero attached hydrogens (tertiary/aromatic N) is 7. The number of aryl methyl sites for hydroxylation is 1. The highest BCUT2D eigenvalue weighted by atomic mass is 16.6. The smallest absolute Gasteiger partial charge is 0.416 e. The minimum atomic E-state index is -0.735. The first kappa shape index (κ1) is 34.2. The maximum atomic E-state index is 13.9. The van der Waals surface area contributed by atoms with Crippen LogP contribution in [-0.4, -0.2) is 83.3 Å². The lowest BCUT2D eigenvalue weighted by Crippen LogP contribution is -2.49. The zero-order chi connectivity index (χ0) is 35.1. The Morgan fingerprint density at radius 1 is 1.04 bits per heavy atom. The van der Waals surface area contributed by atoms with Crippen molar-refractivity contribution in [3.05, 3.63) is 65.9 Å². The van der Waals surface area contributed by atoms with E-state index in [9.17, 15) is 14.7 Å². The number of anilines is 2. The van der Waals surface area contributed by atoms with Crippen LogP contribution in [0.15, 0.2) is 48.9 Å². The summed E-state index contributed by atoms with van der Waals surface area (Å²) in [4.78, 5) is 39.0. The van der Waals surface area contributed by atoms with Gasteiger partial charge in [-0.05, 0) is 91.3 Å². The highest BCUT2D eigenvalue weighted by Gasteiger charge is 2.34. The van der Waals surface area contributed by atoms with E-state index in [1.807, 2.05) is 95.8 Å². The van der Waals surface area contributed by atoms with Gasteiger partial charge in [0.1, 0.15) is 28.7 Å². The molecule has 6 rings (SSSR count). The molecule has 1 saturated heterocycles. The van der Waals surface area contributed by atoms with Crippen LogP contribution in [0, 0.1) is 12.8 Å². The summed E-state index contributed by atoms with van der Waals surface area (Å²) in [6.45, 7) is 14.3. The van der Waals surface area contributed by atoms with Crippen LogP contribution in [-0.2, 0) is 16.0 Å². The summed E-state index contributed by atoms with van der Waals surface area (Å²) < 4.78 is 15.2. The molecule has 1 aliphatic carbocycles. The number of benzene rings is 1. The van der Waals surface area contributed by atoms with E-state index in [1.54, 1.807) is 20.5 Å². The number of hydrogen-bond acceptors (Lipinski definition) is 9. The standard InChI is InChI=1S/C36H48N8O5/c1-23-37-15-17-42(23)27-12-8-24(9-13-27)21-43(34(47)49-36(5,6)7)31-18-30(40-32-28(25-10-11-25)20-39-44(31)32)38-19-26-14-16-41(22-29(26)45)33(46)48-35(2,3)4/h8-9,12-13,15,17-18,20,25-26,29,45H,10-11,14,16,19,21-22H2,1-7H3,(H,38,40)/t26-,29+/m1/s1. The number of likely N-dealkylation sites (tertiary alicyclic amines) is 1. The third-order valence-electron chi connectivity index (χ3n) is 8.69. The number of carbonyl (C=O) groups excluding carboxylic acids is 2. The van der Waals surface area contributed by atoms with E-state index in [0.29, 0.717) is 42.7 Å². The average Bonchev–Trinajstić information content (AvgIpc) is 3.63. The van der Waals surface area contributed by atoms with E-state index in [1.165, 1.54) is 0 Å². The van der Waals surface area contributed by atoms with Crippen LogP contribution >= 0.6 is 0 Å². The van der Waals surface area contributed by atoms with Crippen molar-refractivity contribution in [1.29, 1.82) is 0 Å². The number of piperidine rings is 1. The zero-order valence-corrected chi connectivity index (χ0v) is 29.5. The molecule has 13 nitrogen and oxygen atoms in total. The summed E-state index contributed by atoms with van der Waals surface area (Å²) in [5.74, 6) is 2.22. The topological polar surface area (TPSA) is 139 Å². The van der Waals surface area contributed by atoms with Gasteiger partial charge in [-0.2, -0.15) is 9.61 Å². The molecule has 4 aromatic rings. The third kappa shape index (κ3) is 8.15. The molecule has 2 aliphatic rings. The number of fused-ring (bicyclic) bond motifs is 1. The number of amides is 2. The summed E-state index contributed by atoms with van der Waals surface area (Å²) in [7, 11) is 0. The van der Waals surface area contributed by atoms with Crippen LogP contribution in [0.25, 0.3) is 11.3 Å². The molecule has 2 N–H and O–H groups in total. The monoisotopic (exact) mass is 672 g/mol.